The molecule has 0 unspecified atom stereocenters. The smallest absolute Gasteiger partial charge is 0.333 e. The Morgan fingerprint density at radius 2 is 1.94 bits per heavy atom. The lowest BCUT2D eigenvalue weighted by Gasteiger charge is -2.01. The van der Waals surface area contributed by atoms with Crippen LogP contribution < -0.4 is 16.2 Å². The lowest BCUT2D eigenvalue weighted by Crippen LogP contribution is -2.25. The number of nitro groups is 1. The predicted molar refractivity (Wildman–Crippen MR) is 59.4 cm³/mol. The normalized spacial score (nSPS) is 9.41. The Bertz CT molecular complexity index is 451. The maximum Gasteiger partial charge on any atom is 0.333 e. The molecule has 0 atom stereocenters. The highest BCUT2D eigenvalue weighted by molar-refractivity contribution is 5.81. The van der Waals surface area contributed by atoms with Gasteiger partial charge in [0.15, 0.2) is 5.96 Å². The zero-order valence-corrected chi connectivity index (χ0v) is 8.70. The summed E-state index contributed by atoms with van der Waals surface area (Å²) < 4.78 is 4.82. The van der Waals surface area contributed by atoms with Gasteiger partial charge in [0.2, 0.25) is 0 Å². The van der Waals surface area contributed by atoms with E-state index in [1.54, 1.807) is 0 Å². The molecule has 0 radical (unpaired) electrons. The van der Waals surface area contributed by atoms with E-state index in [4.69, 9.17) is 16.2 Å². The van der Waals surface area contributed by atoms with Crippen molar-refractivity contribution in [2.75, 3.05) is 6.54 Å². The van der Waals surface area contributed by atoms with Crippen LogP contribution in [-0.4, -0.2) is 23.4 Å². The lowest BCUT2D eigenvalue weighted by molar-refractivity contribution is -0.384. The van der Waals surface area contributed by atoms with Gasteiger partial charge in [0, 0.05) is 12.1 Å². The van der Waals surface area contributed by atoms with Crippen molar-refractivity contribution in [3.63, 3.8) is 0 Å². The summed E-state index contributed by atoms with van der Waals surface area (Å²) in [7, 11) is 0. The molecule has 0 amide bonds. The standard InChI is InChI=1S/C9H10N4O4/c10-9(11)12-5-8(14)17-7-3-1-6(2-4-7)13(15)16/h1-4H,5H2,(H4,10,11,12). The van der Waals surface area contributed by atoms with E-state index in [1.165, 1.54) is 24.3 Å². The Morgan fingerprint density at radius 1 is 1.35 bits per heavy atom. The number of carbonyl (C=O) groups excluding carboxylic acids is 1. The fourth-order valence-electron chi connectivity index (χ4n) is 0.955. The first kappa shape index (κ1) is 12.4. The van der Waals surface area contributed by atoms with Crippen molar-refractivity contribution in [2.24, 2.45) is 16.5 Å². The van der Waals surface area contributed by atoms with Crippen LogP contribution in [-0.2, 0) is 4.79 Å². The van der Waals surface area contributed by atoms with Crippen LogP contribution in [0.2, 0.25) is 0 Å². The Kier molecular flexibility index (Phi) is 3.98. The molecule has 1 aromatic carbocycles. The summed E-state index contributed by atoms with van der Waals surface area (Å²) >= 11 is 0. The summed E-state index contributed by atoms with van der Waals surface area (Å²) in [5, 5.41) is 10.4. The largest absolute Gasteiger partial charge is 0.425 e. The van der Waals surface area contributed by atoms with E-state index in [-0.39, 0.29) is 23.9 Å². The van der Waals surface area contributed by atoms with Crippen LogP contribution in [0.5, 0.6) is 5.75 Å². The summed E-state index contributed by atoms with van der Waals surface area (Å²) in [5.41, 5.74) is 9.98. The van der Waals surface area contributed by atoms with Gasteiger partial charge in [0.25, 0.3) is 5.69 Å². The van der Waals surface area contributed by atoms with Gasteiger partial charge in [-0.05, 0) is 12.1 Å². The van der Waals surface area contributed by atoms with Crippen LogP contribution in [0.15, 0.2) is 29.3 Å². The Morgan fingerprint density at radius 3 is 2.41 bits per heavy atom. The van der Waals surface area contributed by atoms with Gasteiger partial charge in [-0.3, -0.25) is 10.1 Å². The summed E-state index contributed by atoms with van der Waals surface area (Å²) in [6.07, 6.45) is 0. The van der Waals surface area contributed by atoms with Gasteiger partial charge in [0.1, 0.15) is 12.3 Å². The van der Waals surface area contributed by atoms with Gasteiger partial charge in [-0.25, -0.2) is 9.79 Å². The van der Waals surface area contributed by atoms with Crippen molar-refractivity contribution < 1.29 is 14.5 Å². The fraction of sp³-hybridized carbons (Fsp3) is 0.111. The average Bonchev–Trinajstić information content (AvgIpc) is 2.27. The number of guanidine groups is 1. The number of ether oxygens (including phenoxy) is 1. The first-order valence-electron chi connectivity index (χ1n) is 4.49. The van der Waals surface area contributed by atoms with Gasteiger partial charge >= 0.3 is 5.97 Å². The average molecular weight is 238 g/mol. The maximum absolute atomic E-state index is 11.2. The van der Waals surface area contributed by atoms with Crippen molar-refractivity contribution in [1.82, 2.24) is 0 Å². The Hall–Kier alpha value is -2.64. The number of nitrogens with zero attached hydrogens (tertiary/aromatic N) is 2. The van der Waals surface area contributed by atoms with E-state index in [2.05, 4.69) is 4.99 Å². The summed E-state index contributed by atoms with van der Waals surface area (Å²) in [4.78, 5) is 24.4. The molecule has 0 heterocycles. The molecule has 17 heavy (non-hydrogen) atoms. The first-order chi connectivity index (χ1) is 7.99. The fourth-order valence-corrected chi connectivity index (χ4v) is 0.955. The molecule has 0 aromatic heterocycles. The summed E-state index contributed by atoms with van der Waals surface area (Å²) in [5.74, 6) is -0.690. The number of hydrogen-bond acceptors (Lipinski definition) is 5. The molecule has 0 aliphatic rings. The molecule has 1 rings (SSSR count). The number of hydrogen-bond donors (Lipinski definition) is 2. The number of nitrogens with two attached hydrogens (primary N) is 2. The topological polar surface area (TPSA) is 134 Å². The van der Waals surface area contributed by atoms with Crippen LogP contribution in [0.1, 0.15) is 0 Å². The minimum absolute atomic E-state index is 0.0889. The van der Waals surface area contributed by atoms with E-state index < -0.39 is 10.9 Å². The van der Waals surface area contributed by atoms with E-state index in [0.717, 1.165) is 0 Å². The number of esters is 1. The van der Waals surface area contributed by atoms with Crippen molar-refractivity contribution in [3.05, 3.63) is 34.4 Å². The number of nitro benzene ring substituents is 1. The number of non-ortho nitro benzene ring substituents is 1. The second-order valence-corrected chi connectivity index (χ2v) is 2.97. The third-order valence-electron chi connectivity index (χ3n) is 1.67. The third-order valence-corrected chi connectivity index (χ3v) is 1.67. The molecule has 4 N–H and O–H groups in total. The highest BCUT2D eigenvalue weighted by Gasteiger charge is 2.07. The van der Waals surface area contributed by atoms with E-state index in [0.29, 0.717) is 0 Å². The zero-order valence-electron chi connectivity index (χ0n) is 8.70. The van der Waals surface area contributed by atoms with Gasteiger partial charge < -0.3 is 16.2 Å². The van der Waals surface area contributed by atoms with Gasteiger partial charge in [-0.15, -0.1) is 0 Å². The quantitative estimate of drug-likeness (QED) is 0.186. The SMILES string of the molecule is NC(N)=NCC(=O)Oc1ccc([N+](=O)[O-])cc1. The first-order valence-corrected chi connectivity index (χ1v) is 4.49. The molecule has 0 saturated carbocycles. The number of carbonyl (C=O) groups is 1. The minimum atomic E-state index is -0.660. The highest BCUT2D eigenvalue weighted by Crippen LogP contribution is 2.17. The van der Waals surface area contributed by atoms with Crippen LogP contribution in [0.3, 0.4) is 0 Å². The number of aliphatic imine (C=N–C) groups is 1. The predicted octanol–water partition coefficient (Wildman–Crippen LogP) is -0.226. The highest BCUT2D eigenvalue weighted by atomic mass is 16.6. The monoisotopic (exact) mass is 238 g/mol. The minimum Gasteiger partial charge on any atom is -0.425 e. The molecule has 0 fully saturated rings. The molecular weight excluding hydrogens is 228 g/mol. The van der Waals surface area contributed by atoms with Gasteiger partial charge in [-0.1, -0.05) is 0 Å². The molecule has 0 aliphatic heterocycles. The van der Waals surface area contributed by atoms with E-state index in [9.17, 15) is 14.9 Å². The van der Waals surface area contributed by atoms with Gasteiger partial charge in [-0.2, -0.15) is 0 Å². The molecule has 0 spiro atoms. The molecular formula is C9H10N4O4. The van der Waals surface area contributed by atoms with Crippen molar-refractivity contribution in [3.8, 4) is 5.75 Å². The van der Waals surface area contributed by atoms with Gasteiger partial charge in [0.05, 0.1) is 4.92 Å². The maximum atomic E-state index is 11.2. The van der Waals surface area contributed by atoms with Crippen molar-refractivity contribution in [2.45, 2.75) is 0 Å². The van der Waals surface area contributed by atoms with Crippen LogP contribution in [0, 0.1) is 10.1 Å². The molecule has 8 heteroatoms. The molecule has 0 saturated heterocycles. The van der Waals surface area contributed by atoms with Crippen LogP contribution >= 0.6 is 0 Å². The summed E-state index contributed by atoms with van der Waals surface area (Å²) in [6, 6.07) is 5.07. The summed E-state index contributed by atoms with van der Waals surface area (Å²) in [6.45, 7) is -0.306. The Labute approximate surface area is 96.0 Å². The van der Waals surface area contributed by atoms with Crippen LogP contribution in [0.4, 0.5) is 5.69 Å². The van der Waals surface area contributed by atoms with E-state index in [1.807, 2.05) is 0 Å². The molecule has 0 bridgehead atoms. The third kappa shape index (κ3) is 4.16. The Balaban J connectivity index is 2.60. The molecule has 8 nitrogen and oxygen atoms in total. The lowest BCUT2D eigenvalue weighted by atomic mass is 10.3. The molecule has 90 valence electrons. The van der Waals surface area contributed by atoms with Crippen LogP contribution in [0.25, 0.3) is 0 Å². The second kappa shape index (κ2) is 5.45. The molecule has 0 aliphatic carbocycles. The number of rotatable bonds is 4. The molecule has 1 aromatic rings. The van der Waals surface area contributed by atoms with Crippen molar-refractivity contribution in [1.29, 1.82) is 0 Å². The zero-order chi connectivity index (χ0) is 12.8. The second-order valence-electron chi connectivity index (χ2n) is 2.97. The van der Waals surface area contributed by atoms with Crippen molar-refractivity contribution >= 4 is 17.6 Å². The van der Waals surface area contributed by atoms with E-state index >= 15 is 0 Å². The number of benzene rings is 1.